The molecular weight excluding hydrogens is 295 g/mol. The average molecular weight is 309 g/mol. The number of rotatable bonds is 3. The molecule has 0 radical (unpaired) electrons. The first-order valence-corrected chi connectivity index (χ1v) is 7.09. The molecule has 3 nitrogen and oxygen atoms in total. The smallest absolute Gasteiger partial charge is 0.184 e. The second kappa shape index (κ2) is 5.62. The van der Waals surface area contributed by atoms with Gasteiger partial charge in [-0.3, -0.25) is 4.90 Å². The normalized spacial score (nSPS) is 15.9. The fourth-order valence-electron chi connectivity index (χ4n) is 2.37. The van der Waals surface area contributed by atoms with E-state index in [0.717, 1.165) is 13.1 Å². The molecule has 0 bridgehead atoms. The first-order chi connectivity index (χ1) is 9.63. The molecule has 1 atom stereocenters. The maximum Gasteiger partial charge on any atom is 0.184 e. The summed E-state index contributed by atoms with van der Waals surface area (Å²) < 4.78 is 0. The number of aliphatic hydroxyl groups is 1. The van der Waals surface area contributed by atoms with Gasteiger partial charge in [-0.1, -0.05) is 47.5 Å². The van der Waals surface area contributed by atoms with Crippen molar-refractivity contribution < 1.29 is 5.11 Å². The Hall–Kier alpha value is -1.26. The van der Waals surface area contributed by atoms with Crippen LogP contribution in [0.4, 0.5) is 5.69 Å². The highest BCUT2D eigenvalue weighted by Gasteiger charge is 2.24. The summed E-state index contributed by atoms with van der Waals surface area (Å²) in [5.41, 5.74) is 3.16. The van der Waals surface area contributed by atoms with E-state index in [-0.39, 0.29) is 0 Å². The molecular formula is C15H14Cl2N2O. The van der Waals surface area contributed by atoms with Crippen molar-refractivity contribution in [2.24, 2.45) is 0 Å². The Morgan fingerprint density at radius 2 is 1.70 bits per heavy atom. The van der Waals surface area contributed by atoms with Crippen LogP contribution in [0.15, 0.2) is 42.5 Å². The highest BCUT2D eigenvalue weighted by molar-refractivity contribution is 6.36. The van der Waals surface area contributed by atoms with E-state index < -0.39 is 6.35 Å². The molecule has 0 saturated carbocycles. The van der Waals surface area contributed by atoms with Crippen LogP contribution in [-0.2, 0) is 13.1 Å². The first-order valence-electron chi connectivity index (χ1n) is 6.34. The van der Waals surface area contributed by atoms with Crippen LogP contribution in [-0.4, -0.2) is 16.4 Å². The second-order valence-corrected chi connectivity index (χ2v) is 5.66. The van der Waals surface area contributed by atoms with Gasteiger partial charge in [0.2, 0.25) is 0 Å². The quantitative estimate of drug-likeness (QED) is 0.849. The van der Waals surface area contributed by atoms with Crippen molar-refractivity contribution in [3.63, 3.8) is 0 Å². The lowest BCUT2D eigenvalue weighted by Gasteiger charge is -2.24. The maximum absolute atomic E-state index is 10.3. The van der Waals surface area contributed by atoms with Crippen molar-refractivity contribution in [3.8, 4) is 0 Å². The van der Waals surface area contributed by atoms with E-state index in [4.69, 9.17) is 23.2 Å². The largest absolute Gasteiger partial charge is 0.361 e. The Labute approximate surface area is 127 Å². The molecule has 2 N–H and O–H groups in total. The number of benzene rings is 2. The second-order valence-electron chi connectivity index (χ2n) is 4.82. The number of halogens is 2. The summed E-state index contributed by atoms with van der Waals surface area (Å²) in [6, 6.07) is 13.3. The minimum atomic E-state index is -0.791. The van der Waals surface area contributed by atoms with Crippen LogP contribution in [0.3, 0.4) is 0 Å². The molecule has 1 unspecified atom stereocenters. The number of fused-ring (bicyclic) bond motifs is 1. The first kappa shape index (κ1) is 13.7. The third-order valence-corrected chi connectivity index (χ3v) is 3.97. The monoisotopic (exact) mass is 308 g/mol. The third kappa shape index (κ3) is 2.76. The number of hydrogen-bond acceptors (Lipinski definition) is 3. The highest BCUT2D eigenvalue weighted by atomic mass is 35.5. The van der Waals surface area contributed by atoms with Gasteiger partial charge in [0.05, 0.1) is 10.7 Å². The summed E-state index contributed by atoms with van der Waals surface area (Å²) >= 11 is 11.9. The number of anilines is 1. The Kier molecular flexibility index (Phi) is 3.85. The topological polar surface area (TPSA) is 35.5 Å². The van der Waals surface area contributed by atoms with E-state index in [1.807, 2.05) is 17.0 Å². The Morgan fingerprint density at radius 1 is 1.05 bits per heavy atom. The minimum Gasteiger partial charge on any atom is -0.361 e. The molecule has 1 heterocycles. The van der Waals surface area contributed by atoms with Gasteiger partial charge in [0.15, 0.2) is 6.35 Å². The predicted octanol–water partition coefficient (Wildman–Crippen LogP) is 3.70. The summed E-state index contributed by atoms with van der Waals surface area (Å²) in [5.74, 6) is 0. The van der Waals surface area contributed by atoms with Gasteiger partial charge in [0, 0.05) is 18.1 Å². The highest BCUT2D eigenvalue weighted by Crippen LogP contribution is 2.28. The fourth-order valence-corrected chi connectivity index (χ4v) is 2.83. The van der Waals surface area contributed by atoms with Gasteiger partial charge >= 0.3 is 0 Å². The van der Waals surface area contributed by atoms with Crippen molar-refractivity contribution in [1.29, 1.82) is 0 Å². The average Bonchev–Trinajstić information content (AvgIpc) is 2.86. The molecule has 2 aromatic rings. The van der Waals surface area contributed by atoms with Crippen LogP contribution in [0.25, 0.3) is 0 Å². The molecule has 0 fully saturated rings. The standard InChI is InChI=1S/C15H14Cl2N2O/c16-12-5-6-14(13(17)7-12)18-15(20)19-8-10-3-1-2-4-11(10)9-19/h1-7,15,18,20H,8-9H2. The number of nitrogens with one attached hydrogen (secondary N) is 1. The van der Waals surface area contributed by atoms with E-state index in [9.17, 15) is 5.11 Å². The molecule has 0 aliphatic carbocycles. The van der Waals surface area contributed by atoms with Gasteiger partial charge < -0.3 is 10.4 Å². The number of aliphatic hydroxyl groups excluding tert-OH is 1. The predicted molar refractivity (Wildman–Crippen MR) is 81.8 cm³/mol. The minimum absolute atomic E-state index is 0.494. The van der Waals surface area contributed by atoms with Gasteiger partial charge in [-0.15, -0.1) is 0 Å². The molecule has 2 aromatic carbocycles. The van der Waals surface area contributed by atoms with Gasteiger partial charge in [0.25, 0.3) is 0 Å². The van der Waals surface area contributed by atoms with Crippen molar-refractivity contribution in [2.75, 3.05) is 5.32 Å². The molecule has 3 rings (SSSR count). The summed E-state index contributed by atoms with van der Waals surface area (Å²) in [6.07, 6.45) is -0.791. The molecule has 0 aromatic heterocycles. The lowest BCUT2D eigenvalue weighted by molar-refractivity contribution is 0.0231. The van der Waals surface area contributed by atoms with Crippen LogP contribution >= 0.6 is 23.2 Å². The Bertz CT molecular complexity index is 608. The summed E-state index contributed by atoms with van der Waals surface area (Å²) in [5, 5.41) is 14.4. The summed E-state index contributed by atoms with van der Waals surface area (Å²) in [6.45, 7) is 1.44. The van der Waals surface area contributed by atoms with Crippen LogP contribution in [0.2, 0.25) is 10.0 Å². The zero-order valence-electron chi connectivity index (χ0n) is 10.7. The van der Waals surface area contributed by atoms with E-state index in [1.165, 1.54) is 11.1 Å². The maximum atomic E-state index is 10.3. The fraction of sp³-hybridized carbons (Fsp3) is 0.200. The molecule has 5 heteroatoms. The molecule has 20 heavy (non-hydrogen) atoms. The Balaban J connectivity index is 1.70. The van der Waals surface area contributed by atoms with E-state index in [2.05, 4.69) is 17.4 Å². The molecule has 1 aliphatic rings. The van der Waals surface area contributed by atoms with Crippen LogP contribution in [0.5, 0.6) is 0 Å². The van der Waals surface area contributed by atoms with Gasteiger partial charge in [0.1, 0.15) is 0 Å². The molecule has 1 aliphatic heterocycles. The summed E-state index contributed by atoms with van der Waals surface area (Å²) in [7, 11) is 0. The molecule has 104 valence electrons. The van der Waals surface area contributed by atoms with E-state index in [0.29, 0.717) is 15.7 Å². The molecule has 0 saturated heterocycles. The van der Waals surface area contributed by atoms with Crippen molar-refractivity contribution in [1.82, 2.24) is 4.90 Å². The molecule has 0 amide bonds. The van der Waals surface area contributed by atoms with Crippen molar-refractivity contribution >= 4 is 28.9 Å². The zero-order valence-corrected chi connectivity index (χ0v) is 12.2. The van der Waals surface area contributed by atoms with E-state index in [1.54, 1.807) is 18.2 Å². The Morgan fingerprint density at radius 3 is 2.30 bits per heavy atom. The van der Waals surface area contributed by atoms with Gasteiger partial charge in [-0.2, -0.15) is 0 Å². The molecule has 0 spiro atoms. The zero-order chi connectivity index (χ0) is 14.1. The SMILES string of the molecule is OC(Nc1ccc(Cl)cc1Cl)N1Cc2ccccc2C1. The number of nitrogens with zero attached hydrogens (tertiary/aromatic N) is 1. The van der Waals surface area contributed by atoms with E-state index >= 15 is 0 Å². The van der Waals surface area contributed by atoms with Crippen LogP contribution < -0.4 is 5.32 Å². The lowest BCUT2D eigenvalue weighted by atomic mass is 10.1. The van der Waals surface area contributed by atoms with Crippen LogP contribution in [0, 0.1) is 0 Å². The van der Waals surface area contributed by atoms with Gasteiger partial charge in [-0.25, -0.2) is 0 Å². The third-order valence-electron chi connectivity index (χ3n) is 3.43. The van der Waals surface area contributed by atoms with Gasteiger partial charge in [-0.05, 0) is 29.3 Å². The lowest BCUT2D eigenvalue weighted by Crippen LogP contribution is -2.37. The van der Waals surface area contributed by atoms with Crippen LogP contribution in [0.1, 0.15) is 11.1 Å². The van der Waals surface area contributed by atoms with Crippen molar-refractivity contribution in [3.05, 3.63) is 63.6 Å². The van der Waals surface area contributed by atoms with Crippen molar-refractivity contribution in [2.45, 2.75) is 19.4 Å². The summed E-state index contributed by atoms with van der Waals surface area (Å²) in [4.78, 5) is 1.94. The number of hydrogen-bond donors (Lipinski definition) is 2.